The highest BCUT2D eigenvalue weighted by atomic mass is 31.0. The normalized spacial score (nSPS) is 12.8. The van der Waals surface area contributed by atoms with Gasteiger partial charge in [-0.2, -0.15) is 0 Å². The second-order valence-corrected chi connectivity index (χ2v) is 3.18. The van der Waals surface area contributed by atoms with Gasteiger partial charge in [-0.1, -0.05) is 9.39 Å². The van der Waals surface area contributed by atoms with Gasteiger partial charge in [-0.15, -0.1) is 0 Å². The van der Waals surface area contributed by atoms with E-state index in [9.17, 15) is 4.79 Å². The number of rotatable bonds is 3. The maximum atomic E-state index is 10.6. The molecule has 0 aliphatic heterocycles. The number of carbonyl (C=O) groups excluding carboxylic acids is 1. The molecule has 0 heterocycles. The van der Waals surface area contributed by atoms with Crippen molar-refractivity contribution in [2.75, 3.05) is 20.7 Å². The van der Waals surface area contributed by atoms with E-state index in [0.717, 1.165) is 0 Å². The summed E-state index contributed by atoms with van der Waals surface area (Å²) in [4.78, 5) is 10.6. The Morgan fingerprint density at radius 1 is 1.82 bits per heavy atom. The van der Waals surface area contributed by atoms with Gasteiger partial charge in [0.05, 0.1) is 0 Å². The molecule has 0 fully saturated rings. The molecule has 2 atom stereocenters. The number of likely N-dealkylation sites (N-methyl/N-ethyl adjacent to an activating group) is 1. The van der Waals surface area contributed by atoms with Gasteiger partial charge in [0.1, 0.15) is 6.61 Å². The lowest BCUT2D eigenvalue weighted by Gasteiger charge is -2.18. The fourth-order valence-electron chi connectivity index (χ4n) is 0.386. The van der Waals surface area contributed by atoms with Crippen LogP contribution in [0.1, 0.15) is 6.92 Å². The molecule has 1 N–H and O–H groups in total. The van der Waals surface area contributed by atoms with Gasteiger partial charge >= 0.3 is 6.09 Å². The third kappa shape index (κ3) is 4.99. The van der Waals surface area contributed by atoms with Crippen LogP contribution in [0.3, 0.4) is 0 Å². The van der Waals surface area contributed by atoms with Crippen LogP contribution < -0.4 is 5.32 Å². The smallest absolute Gasteiger partial charge is 0.406 e. The van der Waals surface area contributed by atoms with Gasteiger partial charge in [0.25, 0.3) is 0 Å². The topological polar surface area (TPSA) is 41.6 Å². The number of alkyl carbamates (subject to hydrolysis) is 1. The maximum Gasteiger partial charge on any atom is 0.406 e. The molecular weight excluding hydrogens is 163 g/mol. The third-order valence-electron chi connectivity index (χ3n) is 1.36. The summed E-state index contributed by atoms with van der Waals surface area (Å²) in [6, 6.07) is 0.220. The average molecular weight is 178 g/mol. The molecule has 0 radical (unpaired) electrons. The zero-order valence-electron chi connectivity index (χ0n) is 7.13. The van der Waals surface area contributed by atoms with Crippen LogP contribution in [-0.4, -0.2) is 37.5 Å². The van der Waals surface area contributed by atoms with Crippen LogP contribution in [0.4, 0.5) is 4.79 Å². The Labute approximate surface area is 69.5 Å². The Kier molecular flexibility index (Phi) is 5.16. The zero-order valence-corrected chi connectivity index (χ0v) is 8.28. The van der Waals surface area contributed by atoms with Crippen molar-refractivity contribution in [3.63, 3.8) is 0 Å². The number of carbonyl (C=O) groups is 1. The zero-order chi connectivity index (χ0) is 8.85. The molecule has 0 aromatic heterocycles. The van der Waals surface area contributed by atoms with Crippen molar-refractivity contribution >= 4 is 15.5 Å². The summed E-state index contributed by atoms with van der Waals surface area (Å²) in [5, 5.41) is 2.37. The molecule has 0 saturated heterocycles. The van der Waals surface area contributed by atoms with Crippen LogP contribution in [0.2, 0.25) is 0 Å². The highest BCUT2D eigenvalue weighted by Gasteiger charge is 2.06. The Bertz CT molecular complexity index is 130. The molecule has 4 nitrogen and oxygen atoms in total. The van der Waals surface area contributed by atoms with Crippen molar-refractivity contribution in [3.05, 3.63) is 0 Å². The largest absolute Gasteiger partial charge is 0.448 e. The summed E-state index contributed by atoms with van der Waals surface area (Å²) in [6.07, 6.45) is -0.385. The van der Waals surface area contributed by atoms with Crippen molar-refractivity contribution in [3.8, 4) is 0 Å². The van der Waals surface area contributed by atoms with Crippen molar-refractivity contribution in [2.24, 2.45) is 0 Å². The first-order chi connectivity index (χ1) is 5.07. The van der Waals surface area contributed by atoms with Crippen molar-refractivity contribution < 1.29 is 9.53 Å². The van der Waals surface area contributed by atoms with Crippen LogP contribution in [0.25, 0.3) is 0 Å². The second-order valence-electron chi connectivity index (χ2n) is 2.36. The first kappa shape index (κ1) is 10.7. The van der Waals surface area contributed by atoms with E-state index in [1.54, 1.807) is 0 Å². The Morgan fingerprint density at radius 3 is 2.73 bits per heavy atom. The molecule has 0 aliphatic carbocycles. The summed E-state index contributed by atoms with van der Waals surface area (Å²) in [6.45, 7) is 2.37. The molecule has 5 heteroatoms. The molecule has 0 rings (SSSR count). The van der Waals surface area contributed by atoms with Crippen LogP contribution >= 0.6 is 9.39 Å². The first-order valence-electron chi connectivity index (χ1n) is 3.40. The van der Waals surface area contributed by atoms with Gasteiger partial charge in [-0.05, 0) is 14.0 Å². The molecule has 2 unspecified atom stereocenters. The van der Waals surface area contributed by atoms with Crippen molar-refractivity contribution in [1.82, 2.24) is 9.99 Å². The highest BCUT2D eigenvalue weighted by Crippen LogP contribution is 2.01. The summed E-state index contributed by atoms with van der Waals surface area (Å²) in [7, 11) is 5.96. The number of nitrogens with zero attached hydrogens (tertiary/aromatic N) is 1. The second kappa shape index (κ2) is 5.33. The Hall–Kier alpha value is -0.340. The molecule has 1 amide bonds. The van der Waals surface area contributed by atoms with Crippen molar-refractivity contribution in [2.45, 2.75) is 13.0 Å². The van der Waals surface area contributed by atoms with Gasteiger partial charge < -0.3 is 10.1 Å². The fourth-order valence-corrected chi connectivity index (χ4v) is 0.472. The minimum atomic E-state index is -0.385. The van der Waals surface area contributed by atoms with E-state index in [2.05, 4.69) is 14.7 Å². The number of amides is 1. The van der Waals surface area contributed by atoms with Crippen LogP contribution in [-0.2, 0) is 4.74 Å². The lowest BCUT2D eigenvalue weighted by Crippen LogP contribution is -2.29. The highest BCUT2D eigenvalue weighted by molar-refractivity contribution is 7.13. The standard InChI is InChI=1S/C6H15N2O2P/c1-5(8(3)11)4-10-6(9)7-2/h5H,4,11H2,1-3H3,(H,7,9). The van der Waals surface area contributed by atoms with E-state index in [4.69, 9.17) is 4.74 Å². The van der Waals surface area contributed by atoms with Gasteiger partial charge in [0, 0.05) is 13.1 Å². The summed E-state index contributed by atoms with van der Waals surface area (Å²) < 4.78 is 6.71. The predicted octanol–water partition coefficient (Wildman–Crippen LogP) is 0.453. The predicted molar refractivity (Wildman–Crippen MR) is 47.3 cm³/mol. The first-order valence-corrected chi connectivity index (χ1v) is 3.91. The van der Waals surface area contributed by atoms with Gasteiger partial charge in [-0.3, -0.25) is 4.67 Å². The lowest BCUT2D eigenvalue weighted by atomic mass is 10.4. The minimum Gasteiger partial charge on any atom is -0.448 e. The van der Waals surface area contributed by atoms with E-state index in [0.29, 0.717) is 6.61 Å². The molecule has 0 aromatic rings. The molecular formula is C6H15N2O2P. The molecule has 0 aliphatic rings. The van der Waals surface area contributed by atoms with E-state index in [1.165, 1.54) is 7.05 Å². The third-order valence-corrected chi connectivity index (χ3v) is 1.86. The SMILES string of the molecule is CNC(=O)OCC(C)N(C)P. The molecule has 66 valence electrons. The van der Waals surface area contributed by atoms with Gasteiger partial charge in [0.15, 0.2) is 0 Å². The lowest BCUT2D eigenvalue weighted by molar-refractivity contribution is 0.129. The van der Waals surface area contributed by atoms with Crippen LogP contribution in [0.5, 0.6) is 0 Å². The Balaban J connectivity index is 3.45. The van der Waals surface area contributed by atoms with E-state index in [-0.39, 0.29) is 12.1 Å². The monoisotopic (exact) mass is 178 g/mol. The number of hydrogen-bond acceptors (Lipinski definition) is 3. The number of ether oxygens (including phenoxy) is 1. The van der Waals surface area contributed by atoms with E-state index in [1.807, 2.05) is 18.6 Å². The molecule has 0 saturated carbocycles. The maximum absolute atomic E-state index is 10.6. The molecule has 0 spiro atoms. The Morgan fingerprint density at radius 2 is 2.36 bits per heavy atom. The molecule has 0 bridgehead atoms. The van der Waals surface area contributed by atoms with Gasteiger partial charge in [-0.25, -0.2) is 4.79 Å². The fraction of sp³-hybridized carbons (Fsp3) is 0.833. The van der Waals surface area contributed by atoms with E-state index < -0.39 is 0 Å². The number of nitrogens with one attached hydrogen (secondary N) is 1. The van der Waals surface area contributed by atoms with Crippen molar-refractivity contribution in [1.29, 1.82) is 0 Å². The van der Waals surface area contributed by atoms with Crippen LogP contribution in [0.15, 0.2) is 0 Å². The summed E-state index contributed by atoms with van der Waals surface area (Å²) in [5.41, 5.74) is 0. The quantitative estimate of drug-likeness (QED) is 0.638. The van der Waals surface area contributed by atoms with Crippen LogP contribution in [0, 0.1) is 0 Å². The van der Waals surface area contributed by atoms with E-state index >= 15 is 0 Å². The summed E-state index contributed by atoms with van der Waals surface area (Å²) in [5.74, 6) is 0. The summed E-state index contributed by atoms with van der Waals surface area (Å²) >= 11 is 0. The molecule has 0 aromatic carbocycles. The minimum absolute atomic E-state index is 0.220. The molecule has 11 heavy (non-hydrogen) atoms. The average Bonchev–Trinajstić information content (AvgIpc) is 1.99. The van der Waals surface area contributed by atoms with Gasteiger partial charge in [0.2, 0.25) is 0 Å². The number of hydrogen-bond donors (Lipinski definition) is 1.